The maximum Gasteiger partial charge on any atom is 0.0672 e. The number of halogens is 2. The van der Waals surface area contributed by atoms with E-state index in [1.807, 2.05) is 35.5 Å². The maximum atomic E-state index is 6.02. The van der Waals surface area contributed by atoms with E-state index in [9.17, 15) is 0 Å². The molecule has 18 heavy (non-hydrogen) atoms. The van der Waals surface area contributed by atoms with E-state index in [0.717, 1.165) is 17.8 Å². The van der Waals surface area contributed by atoms with Crippen molar-refractivity contribution in [2.75, 3.05) is 5.01 Å². The zero-order valence-corrected chi connectivity index (χ0v) is 11.0. The van der Waals surface area contributed by atoms with Crippen molar-refractivity contribution in [3.05, 3.63) is 63.6 Å². The van der Waals surface area contributed by atoms with E-state index in [1.165, 1.54) is 5.56 Å². The molecule has 0 atom stereocenters. The van der Waals surface area contributed by atoms with Crippen LogP contribution in [0.4, 0.5) is 5.69 Å². The topological polar surface area (TPSA) is 15.6 Å². The summed E-state index contributed by atoms with van der Waals surface area (Å²) in [7, 11) is 0. The molecule has 1 aliphatic rings. The molecule has 0 aromatic heterocycles. The van der Waals surface area contributed by atoms with Gasteiger partial charge in [-0.3, -0.25) is 5.01 Å². The van der Waals surface area contributed by atoms with Crippen molar-refractivity contribution in [3.8, 4) is 0 Å². The third-order valence-corrected chi connectivity index (χ3v) is 3.65. The predicted octanol–water partition coefficient (Wildman–Crippen LogP) is 4.35. The number of nitrogens with zero attached hydrogens (tertiary/aromatic N) is 2. The zero-order valence-electron chi connectivity index (χ0n) is 9.48. The summed E-state index contributed by atoms with van der Waals surface area (Å²) in [6.07, 6.45) is 1.86. The normalized spacial score (nSPS) is 13.6. The van der Waals surface area contributed by atoms with Gasteiger partial charge in [0, 0.05) is 0 Å². The molecule has 2 nitrogen and oxygen atoms in total. The first-order valence-electron chi connectivity index (χ1n) is 5.58. The van der Waals surface area contributed by atoms with Crippen LogP contribution in [0.15, 0.2) is 47.6 Å². The summed E-state index contributed by atoms with van der Waals surface area (Å²) in [5.74, 6) is 0. The largest absolute Gasteiger partial charge is 0.261 e. The fraction of sp³-hybridized carbons (Fsp3) is 0.0714. The van der Waals surface area contributed by atoms with Crippen molar-refractivity contribution in [1.29, 1.82) is 0 Å². The van der Waals surface area contributed by atoms with Gasteiger partial charge >= 0.3 is 0 Å². The lowest BCUT2D eigenvalue weighted by Gasteiger charge is -2.24. The van der Waals surface area contributed by atoms with Gasteiger partial charge in [0.05, 0.1) is 28.5 Å². The molecule has 0 bridgehead atoms. The summed E-state index contributed by atoms with van der Waals surface area (Å²) in [4.78, 5) is 0. The lowest BCUT2D eigenvalue weighted by Crippen LogP contribution is -2.20. The minimum Gasteiger partial charge on any atom is -0.261 e. The smallest absolute Gasteiger partial charge is 0.0672 e. The van der Waals surface area contributed by atoms with Crippen LogP contribution in [0.1, 0.15) is 11.1 Å². The number of fused-ring (bicyclic) bond motifs is 1. The summed E-state index contributed by atoms with van der Waals surface area (Å²) in [5.41, 5.74) is 3.35. The van der Waals surface area contributed by atoms with Gasteiger partial charge in [0.2, 0.25) is 0 Å². The van der Waals surface area contributed by atoms with E-state index in [2.05, 4.69) is 17.2 Å². The summed E-state index contributed by atoms with van der Waals surface area (Å²) < 4.78 is 0. The van der Waals surface area contributed by atoms with Crippen LogP contribution in [0.3, 0.4) is 0 Å². The van der Waals surface area contributed by atoms with E-state index in [-0.39, 0.29) is 0 Å². The predicted molar refractivity (Wildman–Crippen MR) is 76.7 cm³/mol. The van der Waals surface area contributed by atoms with Gasteiger partial charge in [-0.05, 0) is 29.3 Å². The van der Waals surface area contributed by atoms with Crippen LogP contribution in [0.25, 0.3) is 0 Å². The molecule has 0 fully saturated rings. The molecule has 1 aliphatic heterocycles. The SMILES string of the molecule is Clc1ccc(N2Cc3ccccc3C=N2)cc1Cl. The van der Waals surface area contributed by atoms with Crippen molar-refractivity contribution in [3.63, 3.8) is 0 Å². The summed E-state index contributed by atoms with van der Waals surface area (Å²) in [5, 5.41) is 7.43. The molecule has 0 radical (unpaired) electrons. The fourth-order valence-electron chi connectivity index (χ4n) is 1.94. The van der Waals surface area contributed by atoms with Gasteiger partial charge in [0.25, 0.3) is 0 Å². The van der Waals surface area contributed by atoms with Gasteiger partial charge in [0.1, 0.15) is 0 Å². The Morgan fingerprint density at radius 3 is 2.67 bits per heavy atom. The summed E-state index contributed by atoms with van der Waals surface area (Å²) in [6, 6.07) is 13.7. The van der Waals surface area contributed by atoms with Crippen molar-refractivity contribution >= 4 is 35.1 Å². The minimum atomic E-state index is 0.545. The van der Waals surface area contributed by atoms with E-state index >= 15 is 0 Å². The zero-order chi connectivity index (χ0) is 12.5. The van der Waals surface area contributed by atoms with Crippen molar-refractivity contribution in [1.82, 2.24) is 0 Å². The average molecular weight is 277 g/mol. The van der Waals surface area contributed by atoms with Crippen molar-refractivity contribution < 1.29 is 0 Å². The maximum absolute atomic E-state index is 6.02. The van der Waals surface area contributed by atoms with E-state index in [1.54, 1.807) is 6.07 Å². The minimum absolute atomic E-state index is 0.545. The second kappa shape index (κ2) is 4.63. The average Bonchev–Trinajstić information content (AvgIpc) is 2.41. The van der Waals surface area contributed by atoms with E-state index in [4.69, 9.17) is 23.2 Å². The second-order valence-corrected chi connectivity index (χ2v) is 4.91. The van der Waals surface area contributed by atoms with Gasteiger partial charge in [-0.25, -0.2) is 0 Å². The highest BCUT2D eigenvalue weighted by molar-refractivity contribution is 6.42. The molecular weight excluding hydrogens is 267 g/mol. The van der Waals surface area contributed by atoms with Crippen LogP contribution in [-0.4, -0.2) is 6.21 Å². The Balaban J connectivity index is 1.94. The molecule has 1 heterocycles. The van der Waals surface area contributed by atoms with Gasteiger partial charge in [-0.1, -0.05) is 47.5 Å². The molecule has 0 amide bonds. The molecule has 0 spiro atoms. The lowest BCUT2D eigenvalue weighted by atomic mass is 10.1. The van der Waals surface area contributed by atoms with Crippen LogP contribution in [0, 0.1) is 0 Å². The number of benzene rings is 2. The Hall–Kier alpha value is -1.51. The van der Waals surface area contributed by atoms with Gasteiger partial charge in [0.15, 0.2) is 0 Å². The Morgan fingerprint density at radius 2 is 1.83 bits per heavy atom. The second-order valence-electron chi connectivity index (χ2n) is 4.10. The summed E-state index contributed by atoms with van der Waals surface area (Å²) >= 11 is 11.9. The van der Waals surface area contributed by atoms with Crippen molar-refractivity contribution in [2.45, 2.75) is 6.54 Å². The molecule has 0 unspecified atom stereocenters. The monoisotopic (exact) mass is 276 g/mol. The van der Waals surface area contributed by atoms with Crippen molar-refractivity contribution in [2.24, 2.45) is 5.10 Å². The first-order chi connectivity index (χ1) is 8.74. The third kappa shape index (κ3) is 2.09. The highest BCUT2D eigenvalue weighted by Crippen LogP contribution is 2.29. The molecule has 90 valence electrons. The van der Waals surface area contributed by atoms with Gasteiger partial charge in [-0.2, -0.15) is 5.10 Å². The van der Waals surface area contributed by atoms with Crippen LogP contribution >= 0.6 is 23.2 Å². The van der Waals surface area contributed by atoms with Gasteiger partial charge < -0.3 is 0 Å². The third-order valence-electron chi connectivity index (χ3n) is 2.91. The molecule has 2 aromatic carbocycles. The number of rotatable bonds is 1. The molecule has 0 saturated carbocycles. The fourth-order valence-corrected chi connectivity index (χ4v) is 2.23. The van der Waals surface area contributed by atoms with Crippen LogP contribution in [0.5, 0.6) is 0 Å². The Bertz CT molecular complexity index is 623. The van der Waals surface area contributed by atoms with Gasteiger partial charge in [-0.15, -0.1) is 0 Å². The molecule has 0 aliphatic carbocycles. The quantitative estimate of drug-likeness (QED) is 0.756. The first-order valence-corrected chi connectivity index (χ1v) is 6.34. The molecule has 2 aromatic rings. The number of hydrazone groups is 1. The molecule has 0 saturated heterocycles. The Labute approximate surface area is 115 Å². The van der Waals surface area contributed by atoms with E-state index in [0.29, 0.717) is 10.0 Å². The number of hydrogen-bond acceptors (Lipinski definition) is 2. The van der Waals surface area contributed by atoms with E-state index < -0.39 is 0 Å². The molecule has 3 rings (SSSR count). The molecule has 0 N–H and O–H groups in total. The highest BCUT2D eigenvalue weighted by Gasteiger charge is 2.13. The Morgan fingerprint density at radius 1 is 1.00 bits per heavy atom. The molecule has 4 heteroatoms. The van der Waals surface area contributed by atoms with Crippen LogP contribution in [0.2, 0.25) is 10.0 Å². The lowest BCUT2D eigenvalue weighted by molar-refractivity contribution is 0.843. The Kier molecular flexibility index (Phi) is 2.98. The standard InChI is InChI=1S/C14H10Cl2N2/c15-13-6-5-12(7-14(13)16)18-9-11-4-2-1-3-10(11)8-17-18/h1-8H,9H2. The molecular formula is C14H10Cl2N2. The number of anilines is 1. The first kappa shape index (κ1) is 11.6. The number of hydrogen-bond donors (Lipinski definition) is 0. The summed E-state index contributed by atoms with van der Waals surface area (Å²) in [6.45, 7) is 0.741. The van der Waals surface area contributed by atoms with Crippen LogP contribution < -0.4 is 5.01 Å². The highest BCUT2D eigenvalue weighted by atomic mass is 35.5. The van der Waals surface area contributed by atoms with Crippen LogP contribution in [-0.2, 0) is 6.54 Å².